The predicted octanol–water partition coefficient (Wildman–Crippen LogP) is 2.06. The summed E-state index contributed by atoms with van der Waals surface area (Å²) >= 11 is 0. The third-order valence-corrected chi connectivity index (χ3v) is 4.37. The Labute approximate surface area is 156 Å². The predicted molar refractivity (Wildman–Crippen MR) is 99.4 cm³/mol. The molecule has 7 nitrogen and oxygen atoms in total. The molecular formula is C19H34N2O5. The summed E-state index contributed by atoms with van der Waals surface area (Å²) in [5.74, 6) is -1.08. The van der Waals surface area contributed by atoms with Gasteiger partial charge in [0.05, 0.1) is 13.0 Å². The number of carboxylic acids is 1. The number of aliphatic hydroxyl groups excluding tert-OH is 1. The highest BCUT2D eigenvalue weighted by Crippen LogP contribution is 2.38. The van der Waals surface area contributed by atoms with Crippen molar-refractivity contribution in [3.63, 3.8) is 0 Å². The molecule has 2 aliphatic heterocycles. The van der Waals surface area contributed by atoms with Gasteiger partial charge in [-0.1, -0.05) is 34.1 Å². The number of β-lactam (4-membered cyclic amide) rings is 1. The molecule has 2 heterocycles. The lowest BCUT2D eigenvalue weighted by Crippen LogP contribution is -2.54. The number of ether oxygens (including phenoxy) is 1. The zero-order valence-corrected chi connectivity index (χ0v) is 16.9. The number of carboxylic acid groups (broad SMARTS) is 1. The van der Waals surface area contributed by atoms with Crippen LogP contribution < -0.4 is 0 Å². The number of aliphatic carboxylic acids is 1. The monoisotopic (exact) mass is 370 g/mol. The minimum Gasteiger partial charge on any atom is -0.479 e. The Bertz CT molecular complexity index is 537. The maximum Gasteiger partial charge on any atom is 0.334 e. The van der Waals surface area contributed by atoms with E-state index in [0.29, 0.717) is 17.4 Å². The average molecular weight is 370 g/mol. The third-order valence-electron chi connectivity index (χ3n) is 4.37. The molecule has 2 fully saturated rings. The summed E-state index contributed by atoms with van der Waals surface area (Å²) in [5, 5.41) is 18.4. The molecule has 7 heteroatoms. The normalized spacial score (nSPS) is 23.7. The molecule has 2 aliphatic rings. The summed E-state index contributed by atoms with van der Waals surface area (Å²) < 4.78 is 5.45. The van der Waals surface area contributed by atoms with E-state index in [9.17, 15) is 14.7 Å². The maximum atomic E-state index is 11.3. The molecule has 2 saturated heterocycles. The molecule has 0 aromatic heterocycles. The van der Waals surface area contributed by atoms with Gasteiger partial charge in [-0.05, 0) is 44.5 Å². The zero-order valence-electron chi connectivity index (χ0n) is 16.9. The molecular weight excluding hydrogens is 336 g/mol. The molecule has 0 aliphatic carbocycles. The Morgan fingerprint density at radius 2 is 1.96 bits per heavy atom. The Hall–Kier alpha value is -1.60. The highest BCUT2D eigenvalue weighted by Gasteiger charge is 2.54. The molecule has 0 aromatic rings. The molecule has 1 amide bonds. The van der Waals surface area contributed by atoms with E-state index in [1.807, 2.05) is 6.92 Å². The van der Waals surface area contributed by atoms with Gasteiger partial charge in [0.15, 0.2) is 12.3 Å². The van der Waals surface area contributed by atoms with Crippen LogP contribution in [0.1, 0.15) is 53.4 Å². The second-order valence-electron chi connectivity index (χ2n) is 8.31. The highest BCUT2D eigenvalue weighted by atomic mass is 16.5. The minimum atomic E-state index is -1.11. The van der Waals surface area contributed by atoms with Crippen molar-refractivity contribution in [1.82, 2.24) is 9.80 Å². The SMILES string of the molecule is CCCC(CO)=C1O[C@@H]2CC(=O)N2C1C(=O)O.CN(C)CCC(C)(C)C. The Morgan fingerprint density at radius 3 is 2.31 bits per heavy atom. The molecule has 26 heavy (non-hydrogen) atoms. The van der Waals surface area contributed by atoms with Gasteiger partial charge in [-0.15, -0.1) is 0 Å². The summed E-state index contributed by atoms with van der Waals surface area (Å²) in [6, 6.07) is -1.06. The number of rotatable bonds is 6. The molecule has 1 unspecified atom stereocenters. The first-order valence-electron chi connectivity index (χ1n) is 9.20. The van der Waals surface area contributed by atoms with Gasteiger partial charge in [-0.2, -0.15) is 0 Å². The smallest absolute Gasteiger partial charge is 0.334 e. The fraction of sp³-hybridized carbons (Fsp3) is 0.789. The second kappa shape index (κ2) is 9.37. The number of carbonyl (C=O) groups is 2. The van der Waals surface area contributed by atoms with Crippen LogP contribution in [0.5, 0.6) is 0 Å². The van der Waals surface area contributed by atoms with Crippen LogP contribution in [-0.2, 0) is 14.3 Å². The van der Waals surface area contributed by atoms with Crippen molar-refractivity contribution in [1.29, 1.82) is 0 Å². The van der Waals surface area contributed by atoms with Gasteiger partial charge in [0.2, 0.25) is 5.91 Å². The zero-order chi connectivity index (χ0) is 20.1. The van der Waals surface area contributed by atoms with E-state index in [4.69, 9.17) is 9.84 Å². The number of nitrogens with zero attached hydrogens (tertiary/aromatic N) is 2. The van der Waals surface area contributed by atoms with Gasteiger partial charge in [0, 0.05) is 0 Å². The third kappa shape index (κ3) is 5.99. The van der Waals surface area contributed by atoms with Crippen LogP contribution >= 0.6 is 0 Å². The van der Waals surface area contributed by atoms with Crippen LogP contribution in [0, 0.1) is 5.41 Å². The van der Waals surface area contributed by atoms with Crippen molar-refractivity contribution in [3.05, 3.63) is 11.3 Å². The molecule has 2 N–H and O–H groups in total. The van der Waals surface area contributed by atoms with Crippen molar-refractivity contribution in [2.45, 2.75) is 65.6 Å². The number of amides is 1. The van der Waals surface area contributed by atoms with Gasteiger partial charge >= 0.3 is 5.97 Å². The minimum absolute atomic E-state index is 0.216. The van der Waals surface area contributed by atoms with Crippen LogP contribution in [0.15, 0.2) is 11.3 Å². The highest BCUT2D eigenvalue weighted by molar-refractivity contribution is 5.91. The van der Waals surface area contributed by atoms with Crippen LogP contribution in [0.4, 0.5) is 0 Å². The van der Waals surface area contributed by atoms with Crippen LogP contribution in [0.2, 0.25) is 0 Å². The molecule has 2 atom stereocenters. The summed E-state index contributed by atoms with van der Waals surface area (Å²) in [7, 11) is 4.23. The Morgan fingerprint density at radius 1 is 1.35 bits per heavy atom. The topological polar surface area (TPSA) is 90.3 Å². The summed E-state index contributed by atoms with van der Waals surface area (Å²) in [4.78, 5) is 26.0. The fourth-order valence-corrected chi connectivity index (χ4v) is 2.80. The number of aliphatic hydroxyl groups is 1. The Balaban J connectivity index is 0.000000321. The first-order chi connectivity index (χ1) is 12.0. The average Bonchev–Trinajstić information content (AvgIpc) is 2.83. The molecule has 150 valence electrons. The number of carbonyl (C=O) groups excluding carboxylic acids is 1. The van der Waals surface area contributed by atoms with Crippen LogP contribution in [-0.4, -0.2) is 71.4 Å². The largest absolute Gasteiger partial charge is 0.479 e. The molecule has 0 radical (unpaired) electrons. The first-order valence-corrected chi connectivity index (χ1v) is 9.20. The van der Waals surface area contributed by atoms with E-state index in [-0.39, 0.29) is 24.7 Å². The van der Waals surface area contributed by atoms with E-state index in [1.54, 1.807) is 0 Å². The quantitative estimate of drug-likeness (QED) is 0.696. The van der Waals surface area contributed by atoms with Crippen LogP contribution in [0.25, 0.3) is 0 Å². The van der Waals surface area contributed by atoms with Crippen molar-refractivity contribution in [2.24, 2.45) is 5.41 Å². The summed E-state index contributed by atoms with van der Waals surface area (Å²) in [6.45, 7) is 9.72. The number of fused-ring (bicyclic) bond motifs is 1. The summed E-state index contributed by atoms with van der Waals surface area (Å²) in [6.07, 6.45) is 2.40. The standard InChI is InChI=1S/C11H15NO5.C8H19N/c1-2-3-6(5-13)10-9(11(15)16)12-7(14)4-8(12)17-10;1-8(2,3)6-7-9(4)5/h8-9,13H,2-5H2,1H3,(H,15,16);6-7H2,1-5H3/t8-,9?;/m1./s1. The van der Waals surface area contributed by atoms with E-state index in [2.05, 4.69) is 39.8 Å². The molecule has 0 aromatic carbocycles. The molecule has 0 saturated carbocycles. The lowest BCUT2D eigenvalue weighted by molar-refractivity contribution is -0.163. The fourth-order valence-electron chi connectivity index (χ4n) is 2.80. The lowest BCUT2D eigenvalue weighted by atomic mass is 9.92. The Kier molecular flexibility index (Phi) is 8.09. The van der Waals surface area contributed by atoms with E-state index >= 15 is 0 Å². The maximum absolute atomic E-state index is 11.3. The lowest BCUT2D eigenvalue weighted by Gasteiger charge is -2.33. The van der Waals surface area contributed by atoms with Crippen molar-refractivity contribution in [3.8, 4) is 0 Å². The molecule has 0 spiro atoms. The van der Waals surface area contributed by atoms with Crippen molar-refractivity contribution < 1.29 is 24.5 Å². The summed E-state index contributed by atoms with van der Waals surface area (Å²) in [5.41, 5.74) is 1.06. The van der Waals surface area contributed by atoms with E-state index in [0.717, 1.165) is 6.42 Å². The first kappa shape index (κ1) is 22.4. The van der Waals surface area contributed by atoms with Crippen LogP contribution in [0.3, 0.4) is 0 Å². The van der Waals surface area contributed by atoms with Gasteiger partial charge in [0.1, 0.15) is 5.76 Å². The number of hydrogen-bond donors (Lipinski definition) is 2. The molecule has 2 rings (SSSR count). The van der Waals surface area contributed by atoms with Crippen molar-refractivity contribution >= 4 is 11.9 Å². The van der Waals surface area contributed by atoms with Gasteiger partial charge in [-0.3, -0.25) is 9.69 Å². The van der Waals surface area contributed by atoms with Gasteiger partial charge < -0.3 is 19.8 Å². The molecule has 0 bridgehead atoms. The second-order valence-corrected chi connectivity index (χ2v) is 8.31. The van der Waals surface area contributed by atoms with E-state index < -0.39 is 18.2 Å². The number of hydrogen-bond acceptors (Lipinski definition) is 5. The van der Waals surface area contributed by atoms with E-state index in [1.165, 1.54) is 17.9 Å². The van der Waals surface area contributed by atoms with Gasteiger partial charge in [0.25, 0.3) is 0 Å². The van der Waals surface area contributed by atoms with Crippen molar-refractivity contribution in [2.75, 3.05) is 27.2 Å². The van der Waals surface area contributed by atoms with Gasteiger partial charge in [-0.25, -0.2) is 4.79 Å².